The second-order valence-corrected chi connectivity index (χ2v) is 4.72. The average Bonchev–Trinajstić information content (AvgIpc) is 2.33. The molecule has 0 radical (unpaired) electrons. The van der Waals surface area contributed by atoms with E-state index in [9.17, 15) is 0 Å². The fourth-order valence-corrected chi connectivity index (χ4v) is 1.87. The molecule has 1 aliphatic heterocycles. The molecule has 2 rings (SSSR count). The number of ether oxygens (including phenoxy) is 1. The van der Waals surface area contributed by atoms with E-state index in [1.165, 1.54) is 5.56 Å². The molecule has 1 N–H and O–H groups in total. The fourth-order valence-electron chi connectivity index (χ4n) is 1.87. The van der Waals surface area contributed by atoms with Crippen molar-refractivity contribution in [1.82, 2.24) is 0 Å². The van der Waals surface area contributed by atoms with Crippen molar-refractivity contribution in [3.05, 3.63) is 23.8 Å². The molecule has 1 aromatic carbocycles. The topological polar surface area (TPSA) is 21.3 Å². The molecule has 15 heavy (non-hydrogen) atoms. The summed E-state index contributed by atoms with van der Waals surface area (Å²) in [4.78, 5) is 0. The molecular weight excluding hydrogens is 186 g/mol. The van der Waals surface area contributed by atoms with Crippen molar-refractivity contribution >= 4 is 5.69 Å². The highest BCUT2D eigenvalue weighted by atomic mass is 16.5. The molecule has 0 saturated heterocycles. The van der Waals surface area contributed by atoms with Crippen LogP contribution in [0.4, 0.5) is 5.69 Å². The number of nitrogens with one attached hydrogen (secondary N) is 1. The number of hydrogen-bond donors (Lipinski definition) is 1. The standard InChI is InChI=1S/C13H19NO/c1-4-10-5-6-12-11(9-10)14-8-7-13(2,3)15-12/h5-6,9,14H,4,7-8H2,1-3H3. The molecule has 82 valence electrons. The predicted molar refractivity (Wildman–Crippen MR) is 63.6 cm³/mol. The van der Waals surface area contributed by atoms with Crippen molar-refractivity contribution in [1.29, 1.82) is 0 Å². The largest absolute Gasteiger partial charge is 0.486 e. The van der Waals surface area contributed by atoms with Gasteiger partial charge in [0.15, 0.2) is 0 Å². The Bertz CT molecular complexity index is 358. The van der Waals surface area contributed by atoms with E-state index < -0.39 is 0 Å². The van der Waals surface area contributed by atoms with Crippen LogP contribution in [0.5, 0.6) is 5.75 Å². The minimum atomic E-state index is -0.0635. The minimum Gasteiger partial charge on any atom is -0.486 e. The van der Waals surface area contributed by atoms with Gasteiger partial charge in [-0.25, -0.2) is 0 Å². The molecule has 0 atom stereocenters. The van der Waals surface area contributed by atoms with E-state index in [1.54, 1.807) is 0 Å². The maximum Gasteiger partial charge on any atom is 0.143 e. The third kappa shape index (κ3) is 2.25. The van der Waals surface area contributed by atoms with Gasteiger partial charge in [-0.15, -0.1) is 0 Å². The number of benzene rings is 1. The highest BCUT2D eigenvalue weighted by Crippen LogP contribution is 2.33. The quantitative estimate of drug-likeness (QED) is 0.760. The third-order valence-corrected chi connectivity index (χ3v) is 2.88. The third-order valence-electron chi connectivity index (χ3n) is 2.88. The maximum absolute atomic E-state index is 5.98. The lowest BCUT2D eigenvalue weighted by Gasteiger charge is -2.23. The average molecular weight is 205 g/mol. The molecule has 0 bridgehead atoms. The summed E-state index contributed by atoms with van der Waals surface area (Å²) < 4.78 is 5.98. The first kappa shape index (κ1) is 10.3. The number of hydrogen-bond acceptors (Lipinski definition) is 2. The van der Waals surface area contributed by atoms with Gasteiger partial charge in [0.25, 0.3) is 0 Å². The van der Waals surface area contributed by atoms with Crippen molar-refractivity contribution in [2.45, 2.75) is 39.2 Å². The van der Waals surface area contributed by atoms with Gasteiger partial charge in [-0.3, -0.25) is 0 Å². The molecular formula is C13H19NO. The zero-order chi connectivity index (χ0) is 10.9. The predicted octanol–water partition coefficient (Wildman–Crippen LogP) is 3.22. The summed E-state index contributed by atoms with van der Waals surface area (Å²) in [6.45, 7) is 7.42. The summed E-state index contributed by atoms with van der Waals surface area (Å²) in [7, 11) is 0. The Morgan fingerprint density at radius 1 is 1.40 bits per heavy atom. The van der Waals surface area contributed by atoms with Gasteiger partial charge in [-0.05, 0) is 38.0 Å². The highest BCUT2D eigenvalue weighted by Gasteiger charge is 2.23. The van der Waals surface area contributed by atoms with Crippen molar-refractivity contribution in [2.75, 3.05) is 11.9 Å². The smallest absolute Gasteiger partial charge is 0.143 e. The first-order chi connectivity index (χ1) is 7.11. The number of rotatable bonds is 1. The van der Waals surface area contributed by atoms with Crippen LogP contribution in [0.1, 0.15) is 32.8 Å². The lowest BCUT2D eigenvalue weighted by molar-refractivity contribution is 0.108. The van der Waals surface area contributed by atoms with Gasteiger partial charge in [0, 0.05) is 13.0 Å². The minimum absolute atomic E-state index is 0.0635. The van der Waals surface area contributed by atoms with Gasteiger partial charge >= 0.3 is 0 Å². The van der Waals surface area contributed by atoms with Crippen LogP contribution in [0.2, 0.25) is 0 Å². The van der Waals surface area contributed by atoms with Crippen LogP contribution in [0, 0.1) is 0 Å². The molecule has 2 heteroatoms. The van der Waals surface area contributed by atoms with Crippen molar-refractivity contribution in [2.24, 2.45) is 0 Å². The Labute approximate surface area is 91.6 Å². The molecule has 0 aliphatic carbocycles. The van der Waals surface area contributed by atoms with Crippen molar-refractivity contribution in [3.8, 4) is 5.75 Å². The molecule has 0 amide bonds. The van der Waals surface area contributed by atoms with Crippen LogP contribution in [0.25, 0.3) is 0 Å². The van der Waals surface area contributed by atoms with Gasteiger partial charge in [0.05, 0.1) is 5.69 Å². The van der Waals surface area contributed by atoms with Crippen molar-refractivity contribution < 1.29 is 4.74 Å². The van der Waals surface area contributed by atoms with Gasteiger partial charge in [0.1, 0.15) is 11.4 Å². The number of aryl methyl sites for hydroxylation is 1. The van der Waals surface area contributed by atoms with Crippen LogP contribution >= 0.6 is 0 Å². The fraction of sp³-hybridized carbons (Fsp3) is 0.538. The molecule has 2 nitrogen and oxygen atoms in total. The molecule has 0 unspecified atom stereocenters. The number of fused-ring (bicyclic) bond motifs is 1. The van der Waals surface area contributed by atoms with Gasteiger partial charge < -0.3 is 10.1 Å². The van der Waals surface area contributed by atoms with E-state index in [4.69, 9.17) is 4.74 Å². The molecule has 0 spiro atoms. The number of anilines is 1. The summed E-state index contributed by atoms with van der Waals surface area (Å²) in [6.07, 6.45) is 2.10. The van der Waals surface area contributed by atoms with Crippen LogP contribution in [0.3, 0.4) is 0 Å². The molecule has 0 saturated carbocycles. The Morgan fingerprint density at radius 2 is 2.20 bits per heavy atom. The first-order valence-corrected chi connectivity index (χ1v) is 5.66. The molecule has 1 aromatic rings. The highest BCUT2D eigenvalue weighted by molar-refractivity contribution is 5.59. The molecule has 1 aliphatic rings. The van der Waals surface area contributed by atoms with E-state index in [1.807, 2.05) is 0 Å². The van der Waals surface area contributed by atoms with E-state index in [0.29, 0.717) is 0 Å². The normalized spacial score (nSPS) is 18.3. The second-order valence-electron chi connectivity index (χ2n) is 4.72. The maximum atomic E-state index is 5.98. The summed E-state index contributed by atoms with van der Waals surface area (Å²) >= 11 is 0. The van der Waals surface area contributed by atoms with Crippen LogP contribution in [-0.2, 0) is 6.42 Å². The molecule has 1 heterocycles. The monoisotopic (exact) mass is 205 g/mol. The van der Waals surface area contributed by atoms with Gasteiger partial charge in [0.2, 0.25) is 0 Å². The summed E-state index contributed by atoms with van der Waals surface area (Å²) in [5, 5.41) is 3.43. The van der Waals surface area contributed by atoms with Crippen LogP contribution in [0.15, 0.2) is 18.2 Å². The lowest BCUT2D eigenvalue weighted by atomic mass is 10.1. The van der Waals surface area contributed by atoms with Crippen LogP contribution < -0.4 is 10.1 Å². The lowest BCUT2D eigenvalue weighted by Crippen LogP contribution is -2.28. The van der Waals surface area contributed by atoms with E-state index in [0.717, 1.165) is 30.8 Å². The summed E-state index contributed by atoms with van der Waals surface area (Å²) in [5.41, 5.74) is 2.43. The van der Waals surface area contributed by atoms with Crippen LogP contribution in [-0.4, -0.2) is 12.1 Å². The Balaban J connectivity index is 2.34. The summed E-state index contributed by atoms with van der Waals surface area (Å²) in [6, 6.07) is 6.41. The SMILES string of the molecule is CCc1ccc2c(c1)NCCC(C)(C)O2. The van der Waals surface area contributed by atoms with Gasteiger partial charge in [-0.2, -0.15) is 0 Å². The molecule has 0 aromatic heterocycles. The zero-order valence-corrected chi connectivity index (χ0v) is 9.76. The Hall–Kier alpha value is -1.18. The van der Waals surface area contributed by atoms with Crippen molar-refractivity contribution in [3.63, 3.8) is 0 Å². The zero-order valence-electron chi connectivity index (χ0n) is 9.76. The Morgan fingerprint density at radius 3 is 2.93 bits per heavy atom. The summed E-state index contributed by atoms with van der Waals surface area (Å²) in [5.74, 6) is 0.981. The van der Waals surface area contributed by atoms with Gasteiger partial charge in [-0.1, -0.05) is 13.0 Å². The molecule has 0 fully saturated rings. The second kappa shape index (κ2) is 3.76. The Kier molecular flexibility index (Phi) is 2.59. The first-order valence-electron chi connectivity index (χ1n) is 5.66. The van der Waals surface area contributed by atoms with E-state index in [2.05, 4.69) is 44.3 Å². The van der Waals surface area contributed by atoms with E-state index in [-0.39, 0.29) is 5.60 Å². The van der Waals surface area contributed by atoms with E-state index >= 15 is 0 Å².